The van der Waals surface area contributed by atoms with Crippen LogP contribution in [0.4, 0.5) is 0 Å². The molecule has 0 atom stereocenters. The summed E-state index contributed by atoms with van der Waals surface area (Å²) < 4.78 is 0. The first-order valence-electron chi connectivity index (χ1n) is 3.20. The lowest BCUT2D eigenvalue weighted by Crippen LogP contribution is -2.29. The summed E-state index contributed by atoms with van der Waals surface area (Å²) in [4.78, 5) is 0. The van der Waals surface area contributed by atoms with Gasteiger partial charge in [-0.3, -0.25) is 0 Å². The summed E-state index contributed by atoms with van der Waals surface area (Å²) in [6, 6.07) is 6.46. The standard InChI is InChI=1S/C7H8BNO2/c9-5-6-1-3-7(4-2-6)8(10)11/h1-5,9-11H. The second-order valence-corrected chi connectivity index (χ2v) is 2.18. The summed E-state index contributed by atoms with van der Waals surface area (Å²) in [6.07, 6.45) is 1.20. The first-order chi connectivity index (χ1) is 5.24. The van der Waals surface area contributed by atoms with Crippen molar-refractivity contribution >= 4 is 18.8 Å². The molecule has 0 amide bonds. The van der Waals surface area contributed by atoms with Gasteiger partial charge in [0.15, 0.2) is 0 Å². The molecule has 0 spiro atoms. The molecule has 0 aliphatic rings. The Hall–Kier alpha value is -1.13. The molecule has 0 radical (unpaired) electrons. The normalized spacial score (nSPS) is 9.27. The number of hydrogen-bond acceptors (Lipinski definition) is 3. The summed E-state index contributed by atoms with van der Waals surface area (Å²) in [7, 11) is -1.42. The molecule has 0 aliphatic carbocycles. The molecule has 0 saturated heterocycles. The van der Waals surface area contributed by atoms with Crippen LogP contribution < -0.4 is 5.46 Å². The van der Waals surface area contributed by atoms with Crippen LogP contribution in [0, 0.1) is 5.41 Å². The van der Waals surface area contributed by atoms with E-state index in [1.165, 1.54) is 6.21 Å². The second kappa shape index (κ2) is 3.32. The van der Waals surface area contributed by atoms with Crippen LogP contribution in [0.2, 0.25) is 0 Å². The fourth-order valence-corrected chi connectivity index (χ4v) is 0.764. The van der Waals surface area contributed by atoms with E-state index >= 15 is 0 Å². The van der Waals surface area contributed by atoms with E-state index in [2.05, 4.69) is 0 Å². The zero-order valence-electron chi connectivity index (χ0n) is 5.86. The Bertz CT molecular complexity index is 245. The molecule has 1 aromatic rings. The van der Waals surface area contributed by atoms with Gasteiger partial charge in [0.1, 0.15) is 0 Å². The van der Waals surface area contributed by atoms with Crippen molar-refractivity contribution in [2.24, 2.45) is 0 Å². The van der Waals surface area contributed by atoms with Gasteiger partial charge < -0.3 is 15.5 Å². The Morgan fingerprint density at radius 3 is 2.09 bits per heavy atom. The van der Waals surface area contributed by atoms with Gasteiger partial charge in [0, 0.05) is 6.21 Å². The van der Waals surface area contributed by atoms with Crippen LogP contribution in [0.25, 0.3) is 0 Å². The Morgan fingerprint density at radius 1 is 1.18 bits per heavy atom. The maximum absolute atomic E-state index is 8.69. The molecule has 3 nitrogen and oxygen atoms in total. The summed E-state index contributed by atoms with van der Waals surface area (Å²) in [5.74, 6) is 0. The van der Waals surface area contributed by atoms with Crippen LogP contribution >= 0.6 is 0 Å². The van der Waals surface area contributed by atoms with Crippen molar-refractivity contribution in [3.8, 4) is 0 Å². The molecular weight excluding hydrogens is 141 g/mol. The molecule has 3 N–H and O–H groups in total. The topological polar surface area (TPSA) is 64.3 Å². The summed E-state index contributed by atoms with van der Waals surface area (Å²) in [5.41, 5.74) is 1.19. The minimum absolute atomic E-state index is 0.440. The van der Waals surface area contributed by atoms with Crippen LogP contribution in [0.15, 0.2) is 24.3 Å². The van der Waals surface area contributed by atoms with E-state index in [1.807, 2.05) is 0 Å². The predicted molar refractivity (Wildman–Crippen MR) is 44.2 cm³/mol. The Balaban J connectivity index is 2.91. The third-order valence-corrected chi connectivity index (χ3v) is 1.40. The maximum Gasteiger partial charge on any atom is 0.488 e. The van der Waals surface area contributed by atoms with E-state index in [0.29, 0.717) is 5.46 Å². The van der Waals surface area contributed by atoms with Gasteiger partial charge >= 0.3 is 7.12 Å². The summed E-state index contributed by atoms with van der Waals surface area (Å²) >= 11 is 0. The molecule has 1 rings (SSSR count). The highest BCUT2D eigenvalue weighted by Gasteiger charge is 2.08. The molecule has 0 saturated carbocycles. The summed E-state index contributed by atoms with van der Waals surface area (Å²) in [6.45, 7) is 0. The van der Waals surface area contributed by atoms with Crippen LogP contribution in [0.5, 0.6) is 0 Å². The quantitative estimate of drug-likeness (QED) is 0.387. The Kier molecular flexibility index (Phi) is 2.41. The zero-order valence-corrected chi connectivity index (χ0v) is 5.86. The molecule has 0 aromatic heterocycles. The van der Waals surface area contributed by atoms with Crippen LogP contribution in [-0.4, -0.2) is 23.4 Å². The van der Waals surface area contributed by atoms with Crippen LogP contribution in [0.1, 0.15) is 5.56 Å². The van der Waals surface area contributed by atoms with E-state index < -0.39 is 7.12 Å². The van der Waals surface area contributed by atoms with Gasteiger partial charge in [-0.25, -0.2) is 0 Å². The highest BCUT2D eigenvalue weighted by molar-refractivity contribution is 6.58. The molecule has 0 heterocycles. The third-order valence-electron chi connectivity index (χ3n) is 1.40. The molecular formula is C7H8BNO2. The lowest BCUT2D eigenvalue weighted by molar-refractivity contribution is 0.426. The molecule has 11 heavy (non-hydrogen) atoms. The van der Waals surface area contributed by atoms with E-state index in [1.54, 1.807) is 24.3 Å². The Morgan fingerprint density at radius 2 is 1.73 bits per heavy atom. The van der Waals surface area contributed by atoms with Crippen molar-refractivity contribution in [1.29, 1.82) is 5.41 Å². The SMILES string of the molecule is N=Cc1ccc(B(O)O)cc1. The smallest absolute Gasteiger partial charge is 0.423 e. The van der Waals surface area contributed by atoms with Gasteiger partial charge in [-0.15, -0.1) is 0 Å². The Labute approximate surface area is 65.0 Å². The van der Waals surface area contributed by atoms with E-state index in [4.69, 9.17) is 15.5 Å². The van der Waals surface area contributed by atoms with Crippen LogP contribution in [0.3, 0.4) is 0 Å². The van der Waals surface area contributed by atoms with Gasteiger partial charge in [0.2, 0.25) is 0 Å². The van der Waals surface area contributed by atoms with Gasteiger partial charge in [0.05, 0.1) is 0 Å². The number of hydrogen-bond donors (Lipinski definition) is 3. The van der Waals surface area contributed by atoms with E-state index in [0.717, 1.165) is 5.56 Å². The van der Waals surface area contributed by atoms with Gasteiger partial charge in [-0.1, -0.05) is 24.3 Å². The largest absolute Gasteiger partial charge is 0.488 e. The van der Waals surface area contributed by atoms with Gasteiger partial charge in [-0.2, -0.15) is 0 Å². The second-order valence-electron chi connectivity index (χ2n) is 2.18. The average molecular weight is 149 g/mol. The van der Waals surface area contributed by atoms with E-state index in [-0.39, 0.29) is 0 Å². The van der Waals surface area contributed by atoms with Crippen molar-refractivity contribution in [2.75, 3.05) is 0 Å². The highest BCUT2D eigenvalue weighted by Crippen LogP contribution is 1.91. The lowest BCUT2D eigenvalue weighted by atomic mass is 9.80. The molecule has 4 heteroatoms. The third kappa shape index (κ3) is 1.90. The first-order valence-corrected chi connectivity index (χ1v) is 3.20. The summed E-state index contributed by atoms with van der Waals surface area (Å²) in [5, 5.41) is 24.2. The molecule has 0 bridgehead atoms. The number of nitrogens with one attached hydrogen (secondary N) is 1. The monoisotopic (exact) mass is 149 g/mol. The number of benzene rings is 1. The minimum atomic E-state index is -1.42. The minimum Gasteiger partial charge on any atom is -0.423 e. The first kappa shape index (κ1) is 7.98. The van der Waals surface area contributed by atoms with Crippen LogP contribution in [-0.2, 0) is 0 Å². The molecule has 0 fully saturated rings. The van der Waals surface area contributed by atoms with Crippen molar-refractivity contribution < 1.29 is 10.0 Å². The average Bonchev–Trinajstić information content (AvgIpc) is 2.05. The van der Waals surface area contributed by atoms with Gasteiger partial charge in [0.25, 0.3) is 0 Å². The zero-order chi connectivity index (χ0) is 8.27. The number of rotatable bonds is 2. The maximum atomic E-state index is 8.69. The fraction of sp³-hybridized carbons (Fsp3) is 0. The van der Waals surface area contributed by atoms with Crippen molar-refractivity contribution in [3.63, 3.8) is 0 Å². The molecule has 0 unspecified atom stereocenters. The predicted octanol–water partition coefficient (Wildman–Crippen LogP) is -0.636. The van der Waals surface area contributed by atoms with Gasteiger partial charge in [-0.05, 0) is 11.0 Å². The van der Waals surface area contributed by atoms with Crippen molar-refractivity contribution in [1.82, 2.24) is 0 Å². The van der Waals surface area contributed by atoms with E-state index in [9.17, 15) is 0 Å². The molecule has 56 valence electrons. The molecule has 0 aliphatic heterocycles. The highest BCUT2D eigenvalue weighted by atomic mass is 16.4. The fourth-order valence-electron chi connectivity index (χ4n) is 0.764. The molecule has 1 aromatic carbocycles. The lowest BCUT2D eigenvalue weighted by Gasteiger charge is -1.97. The van der Waals surface area contributed by atoms with Crippen molar-refractivity contribution in [2.45, 2.75) is 0 Å². The van der Waals surface area contributed by atoms with Crippen molar-refractivity contribution in [3.05, 3.63) is 29.8 Å².